The van der Waals surface area contributed by atoms with E-state index in [2.05, 4.69) is 30.5 Å². The maximum atomic E-state index is 12.4. The van der Waals surface area contributed by atoms with Crippen molar-refractivity contribution in [1.29, 1.82) is 0 Å². The zero-order valence-corrected chi connectivity index (χ0v) is 14.0. The average Bonchev–Trinajstić information content (AvgIpc) is 3.03. The van der Waals surface area contributed by atoms with E-state index in [1.807, 2.05) is 31.2 Å². The van der Waals surface area contributed by atoms with E-state index in [4.69, 9.17) is 0 Å². The monoisotopic (exact) mass is 337 g/mol. The van der Waals surface area contributed by atoms with Gasteiger partial charge in [0.25, 0.3) is 0 Å². The van der Waals surface area contributed by atoms with Crippen molar-refractivity contribution >= 4 is 23.1 Å². The molecule has 1 N–H and O–H groups in total. The number of nitrogens with zero attached hydrogens (tertiary/aromatic N) is 6. The molecule has 1 fully saturated rings. The lowest BCUT2D eigenvalue weighted by Crippen LogP contribution is -2.38. The van der Waals surface area contributed by atoms with Crippen LogP contribution in [-0.2, 0) is 4.79 Å². The molecule has 4 heterocycles. The maximum Gasteiger partial charge on any atom is 0.227 e. The molecule has 0 aromatic carbocycles. The third kappa shape index (κ3) is 3.15. The molecule has 8 heteroatoms. The van der Waals surface area contributed by atoms with Crippen LogP contribution in [0.5, 0.6) is 0 Å². The minimum atomic E-state index is 0.0110. The molecule has 0 spiro atoms. The highest BCUT2D eigenvalue weighted by Gasteiger charge is 2.26. The molecule has 8 nitrogen and oxygen atoms in total. The number of anilines is 2. The van der Waals surface area contributed by atoms with Gasteiger partial charge in [0.1, 0.15) is 5.82 Å². The minimum absolute atomic E-state index is 0.0110. The van der Waals surface area contributed by atoms with Gasteiger partial charge in [0.05, 0.1) is 11.9 Å². The number of aryl methyl sites for hydroxylation is 1. The second-order valence-electron chi connectivity index (χ2n) is 6.20. The number of fused-ring (bicyclic) bond motifs is 1. The number of rotatable bonds is 3. The van der Waals surface area contributed by atoms with Gasteiger partial charge in [-0.2, -0.15) is 4.52 Å². The standard InChI is InChI=1S/C17H19N7O/c1-12-20-21-15-4-5-16(22-24(12)15)23-9-6-13(7-10-23)17(25)19-14-3-2-8-18-11-14/h2-5,8,11,13H,6-7,9-10H2,1H3,(H,19,25). The Morgan fingerprint density at radius 1 is 1.20 bits per heavy atom. The van der Waals surface area contributed by atoms with Gasteiger partial charge in [-0.05, 0) is 44.0 Å². The molecule has 3 aromatic rings. The highest BCUT2D eigenvalue weighted by Crippen LogP contribution is 2.23. The minimum Gasteiger partial charge on any atom is -0.355 e. The van der Waals surface area contributed by atoms with Crippen molar-refractivity contribution in [3.8, 4) is 0 Å². The summed E-state index contributed by atoms with van der Waals surface area (Å²) < 4.78 is 1.75. The first-order valence-corrected chi connectivity index (χ1v) is 8.35. The first-order valence-electron chi connectivity index (χ1n) is 8.35. The smallest absolute Gasteiger partial charge is 0.227 e. The Morgan fingerprint density at radius 3 is 2.80 bits per heavy atom. The van der Waals surface area contributed by atoms with Crippen LogP contribution in [0.25, 0.3) is 5.65 Å². The van der Waals surface area contributed by atoms with Crippen LogP contribution >= 0.6 is 0 Å². The van der Waals surface area contributed by atoms with Gasteiger partial charge in [0, 0.05) is 25.2 Å². The van der Waals surface area contributed by atoms with Crippen LogP contribution in [-0.4, -0.2) is 43.8 Å². The number of nitrogens with one attached hydrogen (secondary N) is 1. The molecule has 1 amide bonds. The second-order valence-corrected chi connectivity index (χ2v) is 6.20. The molecule has 3 aromatic heterocycles. The van der Waals surface area contributed by atoms with Crippen molar-refractivity contribution in [2.24, 2.45) is 5.92 Å². The van der Waals surface area contributed by atoms with Crippen molar-refractivity contribution in [3.63, 3.8) is 0 Å². The van der Waals surface area contributed by atoms with Crippen molar-refractivity contribution in [1.82, 2.24) is 24.8 Å². The molecule has 0 radical (unpaired) electrons. The van der Waals surface area contributed by atoms with Gasteiger partial charge in [0.15, 0.2) is 11.5 Å². The number of carbonyl (C=O) groups is 1. The normalized spacial score (nSPS) is 15.5. The summed E-state index contributed by atoms with van der Waals surface area (Å²) in [6.45, 7) is 3.47. The zero-order valence-electron chi connectivity index (χ0n) is 14.0. The molecule has 0 unspecified atom stereocenters. The van der Waals surface area contributed by atoms with Crippen LogP contribution in [0.1, 0.15) is 18.7 Å². The number of piperidine rings is 1. The summed E-state index contributed by atoms with van der Waals surface area (Å²) in [6, 6.07) is 7.54. The van der Waals surface area contributed by atoms with Crippen LogP contribution in [0.2, 0.25) is 0 Å². The molecule has 128 valence electrons. The number of aromatic nitrogens is 5. The number of carbonyl (C=O) groups excluding carboxylic acids is 1. The lowest BCUT2D eigenvalue weighted by Gasteiger charge is -2.32. The van der Waals surface area contributed by atoms with E-state index < -0.39 is 0 Å². The SMILES string of the molecule is Cc1nnc2ccc(N3CCC(C(=O)Nc4cccnc4)CC3)nn12. The number of hydrogen-bond acceptors (Lipinski definition) is 6. The molecule has 4 rings (SSSR count). The number of hydrogen-bond donors (Lipinski definition) is 1. The van der Waals surface area contributed by atoms with E-state index in [9.17, 15) is 4.79 Å². The molecule has 0 bridgehead atoms. The van der Waals surface area contributed by atoms with Gasteiger partial charge >= 0.3 is 0 Å². The third-order valence-electron chi connectivity index (χ3n) is 4.52. The van der Waals surface area contributed by atoms with Gasteiger partial charge in [-0.1, -0.05) is 0 Å². The predicted octanol–water partition coefficient (Wildman–Crippen LogP) is 1.68. The highest BCUT2D eigenvalue weighted by atomic mass is 16.1. The van der Waals surface area contributed by atoms with Gasteiger partial charge in [0.2, 0.25) is 5.91 Å². The van der Waals surface area contributed by atoms with Crippen molar-refractivity contribution < 1.29 is 4.79 Å². The summed E-state index contributed by atoms with van der Waals surface area (Å²) in [5, 5.41) is 15.6. The summed E-state index contributed by atoms with van der Waals surface area (Å²) in [5.74, 6) is 1.73. The predicted molar refractivity (Wildman–Crippen MR) is 93.3 cm³/mol. The molecule has 1 aliphatic rings. The summed E-state index contributed by atoms with van der Waals surface area (Å²) in [6.07, 6.45) is 4.95. The van der Waals surface area contributed by atoms with Crippen LogP contribution in [0.4, 0.5) is 11.5 Å². The van der Waals surface area contributed by atoms with E-state index in [1.165, 1.54) is 0 Å². The number of pyridine rings is 1. The van der Waals surface area contributed by atoms with Crippen molar-refractivity contribution in [2.45, 2.75) is 19.8 Å². The van der Waals surface area contributed by atoms with E-state index >= 15 is 0 Å². The molecule has 25 heavy (non-hydrogen) atoms. The van der Waals surface area contributed by atoms with E-state index in [1.54, 1.807) is 16.9 Å². The fourth-order valence-corrected chi connectivity index (χ4v) is 3.11. The molecular weight excluding hydrogens is 318 g/mol. The molecule has 1 aliphatic heterocycles. The Labute approximate surface area is 144 Å². The maximum absolute atomic E-state index is 12.4. The lowest BCUT2D eigenvalue weighted by atomic mass is 9.96. The van der Waals surface area contributed by atoms with Crippen LogP contribution < -0.4 is 10.2 Å². The highest BCUT2D eigenvalue weighted by molar-refractivity contribution is 5.92. The van der Waals surface area contributed by atoms with Crippen LogP contribution in [0.3, 0.4) is 0 Å². The molecule has 0 aliphatic carbocycles. The Balaban J connectivity index is 1.40. The average molecular weight is 337 g/mol. The van der Waals surface area contributed by atoms with Gasteiger partial charge in [-0.25, -0.2) is 0 Å². The first kappa shape index (κ1) is 15.5. The second kappa shape index (κ2) is 6.46. The fraction of sp³-hybridized carbons (Fsp3) is 0.353. The lowest BCUT2D eigenvalue weighted by molar-refractivity contribution is -0.120. The third-order valence-corrected chi connectivity index (χ3v) is 4.52. The topological polar surface area (TPSA) is 88.3 Å². The van der Waals surface area contributed by atoms with Crippen LogP contribution in [0, 0.1) is 12.8 Å². The van der Waals surface area contributed by atoms with E-state index in [0.717, 1.165) is 48.9 Å². The number of amides is 1. The zero-order chi connectivity index (χ0) is 17.2. The van der Waals surface area contributed by atoms with Crippen LogP contribution in [0.15, 0.2) is 36.7 Å². The molecular formula is C17H19N7O. The summed E-state index contributed by atoms with van der Waals surface area (Å²) >= 11 is 0. The van der Waals surface area contributed by atoms with Gasteiger partial charge in [-0.15, -0.1) is 15.3 Å². The molecule has 1 saturated heterocycles. The van der Waals surface area contributed by atoms with Gasteiger partial charge in [-0.3, -0.25) is 9.78 Å². The summed E-state index contributed by atoms with van der Waals surface area (Å²) in [7, 11) is 0. The Hall–Kier alpha value is -3.03. The quantitative estimate of drug-likeness (QED) is 0.782. The van der Waals surface area contributed by atoms with E-state index in [-0.39, 0.29) is 11.8 Å². The molecule has 0 atom stereocenters. The summed E-state index contributed by atoms with van der Waals surface area (Å²) in [5.41, 5.74) is 1.48. The largest absolute Gasteiger partial charge is 0.355 e. The van der Waals surface area contributed by atoms with E-state index in [0.29, 0.717) is 0 Å². The summed E-state index contributed by atoms with van der Waals surface area (Å²) in [4.78, 5) is 18.6. The molecule has 0 saturated carbocycles. The Morgan fingerprint density at radius 2 is 2.04 bits per heavy atom. The first-order chi connectivity index (χ1) is 12.2. The Kier molecular flexibility index (Phi) is 4.01. The van der Waals surface area contributed by atoms with Crippen molar-refractivity contribution in [3.05, 3.63) is 42.5 Å². The fourth-order valence-electron chi connectivity index (χ4n) is 3.11. The van der Waals surface area contributed by atoms with Crippen molar-refractivity contribution in [2.75, 3.05) is 23.3 Å². The Bertz CT molecular complexity index is 884. The van der Waals surface area contributed by atoms with Gasteiger partial charge < -0.3 is 10.2 Å².